The van der Waals surface area contributed by atoms with Crippen LogP contribution in [0.4, 0.5) is 0 Å². The van der Waals surface area contributed by atoms with E-state index < -0.39 is 10.0 Å². The van der Waals surface area contributed by atoms with Gasteiger partial charge in [0.1, 0.15) is 0 Å². The summed E-state index contributed by atoms with van der Waals surface area (Å²) in [6.45, 7) is 3.53. The van der Waals surface area contributed by atoms with E-state index >= 15 is 0 Å². The first-order valence-corrected chi connectivity index (χ1v) is 8.53. The lowest BCUT2D eigenvalue weighted by Crippen LogP contribution is -2.31. The smallest absolute Gasteiger partial charge is 0.253 e. The van der Waals surface area contributed by atoms with E-state index in [0.29, 0.717) is 17.4 Å². The monoisotopic (exact) mass is 345 g/mol. The Morgan fingerprint density at radius 3 is 2.23 bits per heavy atom. The van der Waals surface area contributed by atoms with Crippen LogP contribution in [0.5, 0.6) is 0 Å². The van der Waals surface area contributed by atoms with Crippen molar-refractivity contribution in [2.24, 2.45) is 11.8 Å². The Morgan fingerprint density at radius 1 is 1.18 bits per heavy atom. The minimum atomic E-state index is -3.46. The number of likely N-dealkylation sites (tertiary alicyclic amines) is 1. The third kappa shape index (κ3) is 3.12. The van der Waals surface area contributed by atoms with E-state index in [4.69, 9.17) is 0 Å². The number of rotatable bonds is 3. The van der Waals surface area contributed by atoms with Gasteiger partial charge in [0.25, 0.3) is 5.91 Å². The van der Waals surface area contributed by atoms with E-state index in [0.717, 1.165) is 26.2 Å². The number of carbonyl (C=O) groups is 1. The number of benzene rings is 1. The number of hydrogen-bond donors (Lipinski definition) is 2. The molecule has 2 fully saturated rings. The van der Waals surface area contributed by atoms with Gasteiger partial charge in [0.15, 0.2) is 0 Å². The molecule has 2 N–H and O–H groups in total. The summed E-state index contributed by atoms with van der Waals surface area (Å²) in [5.41, 5.74) is 0.540. The lowest BCUT2D eigenvalue weighted by Gasteiger charge is -2.17. The van der Waals surface area contributed by atoms with Gasteiger partial charge in [-0.25, -0.2) is 13.1 Å². The van der Waals surface area contributed by atoms with Crippen LogP contribution in [0.1, 0.15) is 10.4 Å². The first kappa shape index (κ1) is 17.2. The third-order valence-electron chi connectivity index (χ3n) is 4.36. The van der Waals surface area contributed by atoms with E-state index in [1.807, 2.05) is 4.90 Å². The molecule has 0 unspecified atom stereocenters. The molecule has 2 aliphatic rings. The van der Waals surface area contributed by atoms with Gasteiger partial charge < -0.3 is 10.2 Å². The SMILES string of the molecule is CNS(=O)(=O)c1ccc(C(=O)N2C[C@H]3CNC[C@H]3C2)cc1.Cl. The third-order valence-corrected chi connectivity index (χ3v) is 5.79. The Bertz CT molecular complexity index is 636. The van der Waals surface area contributed by atoms with Crippen molar-refractivity contribution in [1.82, 2.24) is 14.9 Å². The maximum atomic E-state index is 12.4. The van der Waals surface area contributed by atoms with Crippen LogP contribution in [0, 0.1) is 11.8 Å². The van der Waals surface area contributed by atoms with Crippen LogP contribution in [-0.4, -0.2) is 52.5 Å². The van der Waals surface area contributed by atoms with E-state index in [2.05, 4.69) is 10.0 Å². The summed E-state index contributed by atoms with van der Waals surface area (Å²) in [7, 11) is -2.09. The highest BCUT2D eigenvalue weighted by Crippen LogP contribution is 2.27. The molecule has 8 heteroatoms. The van der Waals surface area contributed by atoms with Crippen molar-refractivity contribution in [3.63, 3.8) is 0 Å². The van der Waals surface area contributed by atoms with Crippen LogP contribution in [-0.2, 0) is 10.0 Å². The quantitative estimate of drug-likeness (QED) is 0.826. The van der Waals surface area contributed by atoms with E-state index in [9.17, 15) is 13.2 Å². The van der Waals surface area contributed by atoms with Crippen molar-refractivity contribution >= 4 is 28.3 Å². The Kier molecular flexibility index (Phi) is 5.11. The molecule has 22 heavy (non-hydrogen) atoms. The van der Waals surface area contributed by atoms with E-state index in [1.54, 1.807) is 12.1 Å². The zero-order chi connectivity index (χ0) is 15.0. The van der Waals surface area contributed by atoms with Crippen LogP contribution in [0.15, 0.2) is 29.2 Å². The molecule has 2 saturated heterocycles. The zero-order valence-electron chi connectivity index (χ0n) is 12.3. The minimum Gasteiger partial charge on any atom is -0.338 e. The summed E-state index contributed by atoms with van der Waals surface area (Å²) in [6, 6.07) is 6.10. The van der Waals surface area contributed by atoms with Crippen molar-refractivity contribution < 1.29 is 13.2 Å². The number of nitrogens with one attached hydrogen (secondary N) is 2. The molecule has 0 bridgehead atoms. The van der Waals surface area contributed by atoms with Gasteiger partial charge in [-0.1, -0.05) is 0 Å². The second kappa shape index (κ2) is 6.54. The van der Waals surface area contributed by atoms with Crippen LogP contribution >= 0.6 is 12.4 Å². The molecule has 2 heterocycles. The van der Waals surface area contributed by atoms with Crippen LogP contribution in [0.25, 0.3) is 0 Å². The fraction of sp³-hybridized carbons (Fsp3) is 0.500. The molecule has 1 aromatic rings. The molecular formula is C14H20ClN3O3S. The van der Waals surface area contributed by atoms with Gasteiger partial charge in [0.05, 0.1) is 4.90 Å². The maximum Gasteiger partial charge on any atom is 0.253 e. The predicted octanol–water partition coefficient (Wildman–Crippen LogP) is 0.308. The van der Waals surface area contributed by atoms with Gasteiger partial charge in [-0.2, -0.15) is 0 Å². The summed E-state index contributed by atoms with van der Waals surface area (Å²) >= 11 is 0. The normalized spacial score (nSPS) is 24.0. The molecule has 0 saturated carbocycles. The molecule has 122 valence electrons. The predicted molar refractivity (Wildman–Crippen MR) is 85.7 cm³/mol. The number of nitrogens with zero attached hydrogens (tertiary/aromatic N) is 1. The summed E-state index contributed by atoms with van der Waals surface area (Å²) in [5, 5.41) is 3.34. The van der Waals surface area contributed by atoms with Crippen molar-refractivity contribution in [3.8, 4) is 0 Å². The van der Waals surface area contributed by atoms with Gasteiger partial charge in [-0.15, -0.1) is 12.4 Å². The molecule has 2 atom stereocenters. The Hall–Kier alpha value is -1.15. The van der Waals surface area contributed by atoms with Crippen LogP contribution in [0.2, 0.25) is 0 Å². The summed E-state index contributed by atoms with van der Waals surface area (Å²) in [6.07, 6.45) is 0. The van der Waals surface area contributed by atoms with Crippen molar-refractivity contribution in [2.45, 2.75) is 4.90 Å². The standard InChI is InChI=1S/C14H19N3O3S.ClH/c1-15-21(19,20)13-4-2-10(3-5-13)14(18)17-8-11-6-16-7-12(11)9-17;/h2-5,11-12,15-16H,6-9H2,1H3;1H/t11-,12+;. The number of amides is 1. The summed E-state index contributed by atoms with van der Waals surface area (Å²) in [5.74, 6) is 1.09. The first-order chi connectivity index (χ1) is 10.0. The number of sulfonamides is 1. The van der Waals surface area contributed by atoms with E-state index in [1.165, 1.54) is 19.2 Å². The van der Waals surface area contributed by atoms with Crippen molar-refractivity contribution in [1.29, 1.82) is 0 Å². The second-order valence-electron chi connectivity index (χ2n) is 5.62. The van der Waals surface area contributed by atoms with Crippen LogP contribution in [0.3, 0.4) is 0 Å². The minimum absolute atomic E-state index is 0. The largest absolute Gasteiger partial charge is 0.338 e. The highest BCUT2D eigenvalue weighted by molar-refractivity contribution is 7.89. The van der Waals surface area contributed by atoms with Crippen LogP contribution < -0.4 is 10.0 Å². The molecule has 0 aromatic heterocycles. The molecule has 0 spiro atoms. The topological polar surface area (TPSA) is 78.5 Å². The van der Waals surface area contributed by atoms with Gasteiger partial charge in [-0.05, 0) is 43.1 Å². The lowest BCUT2D eigenvalue weighted by molar-refractivity contribution is 0.0781. The van der Waals surface area contributed by atoms with E-state index in [-0.39, 0.29) is 23.2 Å². The molecule has 6 nitrogen and oxygen atoms in total. The lowest BCUT2D eigenvalue weighted by atomic mass is 10.0. The molecule has 0 radical (unpaired) electrons. The second-order valence-corrected chi connectivity index (χ2v) is 7.51. The van der Waals surface area contributed by atoms with Gasteiger partial charge in [0.2, 0.25) is 10.0 Å². The molecular weight excluding hydrogens is 326 g/mol. The van der Waals surface area contributed by atoms with Crippen molar-refractivity contribution in [3.05, 3.63) is 29.8 Å². The van der Waals surface area contributed by atoms with Gasteiger partial charge in [-0.3, -0.25) is 4.79 Å². The highest BCUT2D eigenvalue weighted by atomic mass is 35.5. The number of halogens is 1. The molecule has 2 aliphatic heterocycles. The molecule has 1 amide bonds. The summed E-state index contributed by atoms with van der Waals surface area (Å²) < 4.78 is 25.6. The fourth-order valence-electron chi connectivity index (χ4n) is 3.10. The maximum absolute atomic E-state index is 12.4. The summed E-state index contributed by atoms with van der Waals surface area (Å²) in [4.78, 5) is 14.5. The number of hydrogen-bond acceptors (Lipinski definition) is 4. The highest BCUT2D eigenvalue weighted by Gasteiger charge is 2.38. The zero-order valence-corrected chi connectivity index (χ0v) is 13.9. The molecule has 3 rings (SSSR count). The van der Waals surface area contributed by atoms with Gasteiger partial charge in [0, 0.05) is 31.7 Å². The number of carbonyl (C=O) groups excluding carboxylic acids is 1. The Morgan fingerprint density at radius 2 is 1.73 bits per heavy atom. The Labute approximate surface area is 136 Å². The fourth-order valence-corrected chi connectivity index (χ4v) is 3.83. The first-order valence-electron chi connectivity index (χ1n) is 7.05. The number of fused-ring (bicyclic) bond motifs is 1. The molecule has 0 aliphatic carbocycles. The van der Waals surface area contributed by atoms with Gasteiger partial charge >= 0.3 is 0 Å². The molecule has 1 aromatic carbocycles. The average molecular weight is 346 g/mol. The average Bonchev–Trinajstić information content (AvgIpc) is 3.08. The van der Waals surface area contributed by atoms with Crippen molar-refractivity contribution in [2.75, 3.05) is 33.2 Å². The Balaban J connectivity index is 0.00000176.